The highest BCUT2D eigenvalue weighted by Crippen LogP contribution is 2.28. The summed E-state index contributed by atoms with van der Waals surface area (Å²) in [5.74, 6) is 0.126. The molecule has 0 radical (unpaired) electrons. The van der Waals surface area contributed by atoms with E-state index in [1.165, 1.54) is 12.3 Å². The van der Waals surface area contributed by atoms with E-state index >= 15 is 0 Å². The summed E-state index contributed by atoms with van der Waals surface area (Å²) >= 11 is 0. The number of nitro groups is 1. The lowest BCUT2D eigenvalue weighted by atomic mass is 9.93. The van der Waals surface area contributed by atoms with Gasteiger partial charge in [0.05, 0.1) is 11.0 Å². The van der Waals surface area contributed by atoms with Crippen LogP contribution in [0.15, 0.2) is 12.3 Å². The van der Waals surface area contributed by atoms with Crippen LogP contribution in [-0.4, -0.2) is 34.1 Å². The number of aliphatic carboxylic acids is 1. The van der Waals surface area contributed by atoms with Gasteiger partial charge in [-0.05, 0) is 32.1 Å². The summed E-state index contributed by atoms with van der Waals surface area (Å²) in [7, 11) is 0. The van der Waals surface area contributed by atoms with Crippen LogP contribution in [-0.2, 0) is 4.79 Å². The molecule has 0 aromatic carbocycles. The second kappa shape index (κ2) is 6.51. The molecule has 114 valence electrons. The molecule has 7 nitrogen and oxygen atoms in total. The highest BCUT2D eigenvalue weighted by Gasteiger charge is 2.23. The van der Waals surface area contributed by atoms with Crippen molar-refractivity contribution in [2.75, 3.05) is 18.0 Å². The van der Waals surface area contributed by atoms with Crippen LogP contribution in [0.5, 0.6) is 0 Å². The third-order valence-corrected chi connectivity index (χ3v) is 3.87. The van der Waals surface area contributed by atoms with Crippen LogP contribution in [0, 0.1) is 23.0 Å². The normalized spacial score (nSPS) is 18.5. The van der Waals surface area contributed by atoms with Gasteiger partial charge in [-0.3, -0.25) is 14.9 Å². The molecule has 2 rings (SSSR count). The smallest absolute Gasteiger partial charge is 0.303 e. The number of hydrogen-bond acceptors (Lipinski definition) is 5. The summed E-state index contributed by atoms with van der Waals surface area (Å²) in [6.45, 7) is 3.18. The fourth-order valence-corrected chi connectivity index (χ4v) is 2.71. The molecule has 21 heavy (non-hydrogen) atoms. The van der Waals surface area contributed by atoms with Crippen molar-refractivity contribution in [3.63, 3.8) is 0 Å². The van der Waals surface area contributed by atoms with E-state index < -0.39 is 10.9 Å². The Labute approximate surface area is 122 Å². The van der Waals surface area contributed by atoms with Crippen LogP contribution < -0.4 is 4.90 Å². The van der Waals surface area contributed by atoms with E-state index in [9.17, 15) is 14.9 Å². The quantitative estimate of drug-likeness (QED) is 0.661. The van der Waals surface area contributed by atoms with Crippen molar-refractivity contribution in [1.82, 2.24) is 4.98 Å². The minimum Gasteiger partial charge on any atom is -0.481 e. The summed E-state index contributed by atoms with van der Waals surface area (Å²) in [6, 6.07) is 1.51. The SMILES string of the molecule is Cc1cnc(N2CCCC(CCC(=O)O)C2)cc1[N+](=O)[O-]. The Bertz CT molecular complexity index is 547. The van der Waals surface area contributed by atoms with Crippen LogP contribution in [0.4, 0.5) is 11.5 Å². The predicted molar refractivity (Wildman–Crippen MR) is 77.4 cm³/mol. The van der Waals surface area contributed by atoms with Gasteiger partial charge < -0.3 is 10.0 Å². The molecule has 1 aromatic rings. The fourth-order valence-electron chi connectivity index (χ4n) is 2.71. The van der Waals surface area contributed by atoms with Crippen molar-refractivity contribution in [2.24, 2.45) is 5.92 Å². The largest absolute Gasteiger partial charge is 0.481 e. The summed E-state index contributed by atoms with van der Waals surface area (Å²) in [5.41, 5.74) is 0.621. The van der Waals surface area contributed by atoms with E-state index in [-0.39, 0.29) is 12.1 Å². The number of aromatic nitrogens is 1. The first-order valence-electron chi connectivity index (χ1n) is 7.05. The first-order chi connectivity index (χ1) is 9.97. The number of hydrogen-bond donors (Lipinski definition) is 1. The molecule has 7 heteroatoms. The number of aryl methyl sites for hydroxylation is 1. The number of anilines is 1. The second-order valence-electron chi connectivity index (χ2n) is 5.47. The van der Waals surface area contributed by atoms with E-state index in [4.69, 9.17) is 5.11 Å². The Kier molecular flexibility index (Phi) is 4.72. The van der Waals surface area contributed by atoms with Crippen molar-refractivity contribution in [3.05, 3.63) is 27.9 Å². The van der Waals surface area contributed by atoms with Gasteiger partial charge in [-0.15, -0.1) is 0 Å². The predicted octanol–water partition coefficient (Wildman–Crippen LogP) is 2.38. The average Bonchev–Trinajstić information content (AvgIpc) is 2.45. The van der Waals surface area contributed by atoms with Crippen LogP contribution in [0.2, 0.25) is 0 Å². The molecule has 0 aliphatic carbocycles. The van der Waals surface area contributed by atoms with E-state index in [0.717, 1.165) is 19.4 Å². The van der Waals surface area contributed by atoms with Gasteiger partial charge in [0.1, 0.15) is 5.82 Å². The first kappa shape index (κ1) is 15.2. The summed E-state index contributed by atoms with van der Waals surface area (Å²) in [4.78, 5) is 27.5. The van der Waals surface area contributed by atoms with Crippen LogP contribution in [0.3, 0.4) is 0 Å². The Hall–Kier alpha value is -2.18. The third-order valence-electron chi connectivity index (χ3n) is 3.87. The van der Waals surface area contributed by atoms with Crippen molar-refractivity contribution >= 4 is 17.5 Å². The van der Waals surface area contributed by atoms with E-state index in [1.807, 2.05) is 4.90 Å². The fraction of sp³-hybridized carbons (Fsp3) is 0.571. The van der Waals surface area contributed by atoms with E-state index in [0.29, 0.717) is 30.3 Å². The lowest BCUT2D eigenvalue weighted by Gasteiger charge is -2.33. The number of carbonyl (C=O) groups is 1. The van der Waals surface area contributed by atoms with Gasteiger partial charge in [-0.1, -0.05) is 0 Å². The molecule has 0 spiro atoms. The molecule has 1 aliphatic heterocycles. The zero-order valence-corrected chi connectivity index (χ0v) is 12.0. The van der Waals surface area contributed by atoms with Gasteiger partial charge >= 0.3 is 5.97 Å². The molecule has 0 bridgehead atoms. The zero-order valence-electron chi connectivity index (χ0n) is 12.0. The molecule has 0 saturated carbocycles. The highest BCUT2D eigenvalue weighted by molar-refractivity contribution is 5.66. The number of carboxylic acids is 1. The molecule has 1 aliphatic rings. The number of piperidine rings is 1. The standard InChI is InChI=1S/C14H19N3O4/c1-10-8-15-13(7-12(10)17(20)21)16-6-2-3-11(9-16)4-5-14(18)19/h7-8,11H,2-6,9H2,1H3,(H,18,19). The molecule has 2 heterocycles. The van der Waals surface area contributed by atoms with E-state index in [1.54, 1.807) is 6.92 Å². The minimum absolute atomic E-state index is 0.0765. The number of carboxylic acid groups (broad SMARTS) is 1. The summed E-state index contributed by atoms with van der Waals surface area (Å²) < 4.78 is 0. The third kappa shape index (κ3) is 3.90. The summed E-state index contributed by atoms with van der Waals surface area (Å²) in [5, 5.41) is 19.7. The number of pyridine rings is 1. The lowest BCUT2D eigenvalue weighted by molar-refractivity contribution is -0.385. The first-order valence-corrected chi connectivity index (χ1v) is 7.05. The molecule has 0 amide bonds. The molecule has 1 unspecified atom stereocenters. The highest BCUT2D eigenvalue weighted by atomic mass is 16.6. The zero-order chi connectivity index (χ0) is 15.4. The maximum atomic E-state index is 11.0. The van der Waals surface area contributed by atoms with Crippen molar-refractivity contribution in [2.45, 2.75) is 32.6 Å². The van der Waals surface area contributed by atoms with Gasteiger partial charge in [0.25, 0.3) is 5.69 Å². The van der Waals surface area contributed by atoms with Gasteiger partial charge in [0, 0.05) is 31.3 Å². The van der Waals surface area contributed by atoms with E-state index in [2.05, 4.69) is 4.98 Å². The maximum Gasteiger partial charge on any atom is 0.303 e. The molecule has 1 aromatic heterocycles. The maximum absolute atomic E-state index is 11.0. The summed E-state index contributed by atoms with van der Waals surface area (Å²) in [6.07, 6.45) is 4.28. The monoisotopic (exact) mass is 293 g/mol. The van der Waals surface area contributed by atoms with Gasteiger partial charge in [-0.25, -0.2) is 4.98 Å². The average molecular weight is 293 g/mol. The molecule has 1 atom stereocenters. The number of nitrogens with zero attached hydrogens (tertiary/aromatic N) is 3. The van der Waals surface area contributed by atoms with Crippen LogP contribution >= 0.6 is 0 Å². The molecule has 1 N–H and O–H groups in total. The molecule has 1 saturated heterocycles. The Morgan fingerprint density at radius 2 is 2.38 bits per heavy atom. The molecule has 1 fully saturated rings. The van der Waals surface area contributed by atoms with Crippen molar-refractivity contribution in [3.8, 4) is 0 Å². The van der Waals surface area contributed by atoms with Gasteiger partial charge in [0.15, 0.2) is 0 Å². The molecular formula is C14H19N3O4. The van der Waals surface area contributed by atoms with Gasteiger partial charge in [0.2, 0.25) is 0 Å². The number of rotatable bonds is 5. The topological polar surface area (TPSA) is 96.6 Å². The second-order valence-corrected chi connectivity index (χ2v) is 5.47. The van der Waals surface area contributed by atoms with Crippen molar-refractivity contribution < 1.29 is 14.8 Å². The van der Waals surface area contributed by atoms with Gasteiger partial charge in [-0.2, -0.15) is 0 Å². The van der Waals surface area contributed by atoms with Crippen molar-refractivity contribution in [1.29, 1.82) is 0 Å². The Morgan fingerprint density at radius 1 is 1.62 bits per heavy atom. The lowest BCUT2D eigenvalue weighted by Crippen LogP contribution is -2.36. The van der Waals surface area contributed by atoms with Crippen LogP contribution in [0.1, 0.15) is 31.2 Å². The Balaban J connectivity index is 2.09. The minimum atomic E-state index is -0.781. The Morgan fingerprint density at radius 3 is 3.05 bits per heavy atom. The molecular weight excluding hydrogens is 274 g/mol. The van der Waals surface area contributed by atoms with Crippen LogP contribution in [0.25, 0.3) is 0 Å².